The molecule has 5 N–H and O–H groups in total. The van der Waals surface area contributed by atoms with E-state index in [-0.39, 0.29) is 38.5 Å². The number of carbonyl (C=O) groups excluding carboxylic acids is 1. The summed E-state index contributed by atoms with van der Waals surface area (Å²) in [6.45, 7) is 7.75. The zero-order valence-electron chi connectivity index (χ0n) is 20.8. The van der Waals surface area contributed by atoms with E-state index >= 15 is 8.78 Å². The molecule has 5 nitrogen and oxygen atoms in total. The molecule has 196 valence electrons. The van der Waals surface area contributed by atoms with Crippen LogP contribution in [0.25, 0.3) is 0 Å². The molecule has 0 bridgehead atoms. The van der Waals surface area contributed by atoms with Crippen molar-refractivity contribution in [3.63, 3.8) is 0 Å². The molecule has 2 saturated heterocycles. The number of rotatable bonds is 5. The molecule has 2 heterocycles. The van der Waals surface area contributed by atoms with Crippen molar-refractivity contribution in [3.05, 3.63) is 69.2 Å². The van der Waals surface area contributed by atoms with Gasteiger partial charge in [-0.05, 0) is 61.5 Å². The van der Waals surface area contributed by atoms with Crippen molar-refractivity contribution in [2.75, 3.05) is 13.1 Å². The van der Waals surface area contributed by atoms with Crippen LogP contribution in [0.1, 0.15) is 57.1 Å². The first-order valence-electron chi connectivity index (χ1n) is 12.4. The summed E-state index contributed by atoms with van der Waals surface area (Å²) < 4.78 is 31.1. The van der Waals surface area contributed by atoms with E-state index in [2.05, 4.69) is 16.0 Å². The highest BCUT2D eigenvalue weighted by molar-refractivity contribution is 6.31. The van der Waals surface area contributed by atoms with Gasteiger partial charge in [-0.15, -0.1) is 0 Å². The first-order valence-corrected chi connectivity index (χ1v) is 13.1. The van der Waals surface area contributed by atoms with Gasteiger partial charge in [0.2, 0.25) is 5.91 Å². The zero-order chi connectivity index (χ0) is 26.3. The van der Waals surface area contributed by atoms with Crippen LogP contribution in [0.4, 0.5) is 8.78 Å². The topological polar surface area (TPSA) is 79.2 Å². The van der Waals surface area contributed by atoms with Gasteiger partial charge in [0.05, 0.1) is 16.6 Å². The average molecular weight is 539 g/mol. The lowest BCUT2D eigenvalue weighted by atomic mass is 9.68. The third kappa shape index (κ3) is 5.41. The second-order valence-electron chi connectivity index (χ2n) is 11.2. The largest absolute Gasteiger partial charge is 0.352 e. The quantitative estimate of drug-likeness (QED) is 0.438. The molecule has 2 aliphatic heterocycles. The molecule has 0 aromatic heterocycles. The molecule has 0 spiro atoms. The molecule has 2 aromatic rings. The van der Waals surface area contributed by atoms with Crippen molar-refractivity contribution < 1.29 is 13.6 Å². The van der Waals surface area contributed by atoms with E-state index in [0.717, 1.165) is 25.9 Å². The van der Waals surface area contributed by atoms with E-state index in [0.29, 0.717) is 6.42 Å². The van der Waals surface area contributed by atoms with Crippen molar-refractivity contribution in [1.82, 2.24) is 16.0 Å². The first-order chi connectivity index (χ1) is 16.9. The molecule has 2 aliphatic rings. The summed E-state index contributed by atoms with van der Waals surface area (Å²) in [5.41, 5.74) is 5.86. The van der Waals surface area contributed by atoms with E-state index in [4.69, 9.17) is 28.9 Å². The number of nitrogens with one attached hydrogen (secondary N) is 3. The van der Waals surface area contributed by atoms with Crippen molar-refractivity contribution in [1.29, 1.82) is 0 Å². The van der Waals surface area contributed by atoms with Gasteiger partial charge in [0.1, 0.15) is 11.6 Å². The van der Waals surface area contributed by atoms with Gasteiger partial charge in [-0.25, -0.2) is 8.78 Å². The lowest BCUT2D eigenvalue weighted by Gasteiger charge is -2.40. The van der Waals surface area contributed by atoms with Crippen LogP contribution >= 0.6 is 23.2 Å². The fourth-order valence-electron chi connectivity index (χ4n) is 5.66. The lowest BCUT2D eigenvalue weighted by molar-refractivity contribution is -0.124. The molecule has 4 atom stereocenters. The summed E-state index contributed by atoms with van der Waals surface area (Å²) >= 11 is 12.2. The second kappa shape index (κ2) is 10.5. The van der Waals surface area contributed by atoms with Crippen LogP contribution in [0.2, 0.25) is 10.0 Å². The molecular formula is C27H34Cl2F2N4O. The number of amides is 1. The van der Waals surface area contributed by atoms with Gasteiger partial charge >= 0.3 is 0 Å². The lowest BCUT2D eigenvalue weighted by Crippen LogP contribution is -2.52. The number of benzene rings is 2. The predicted molar refractivity (Wildman–Crippen MR) is 140 cm³/mol. The van der Waals surface area contributed by atoms with Crippen LogP contribution in [0.15, 0.2) is 36.4 Å². The Kier molecular flexibility index (Phi) is 7.98. The average Bonchev–Trinajstić information content (AvgIpc) is 3.07. The number of carbonyl (C=O) groups is 1. The third-order valence-corrected chi connectivity index (χ3v) is 7.83. The number of nitrogens with two attached hydrogens (primary N) is 1. The normalized spacial score (nSPS) is 27.3. The summed E-state index contributed by atoms with van der Waals surface area (Å²) in [4.78, 5) is 13.7. The molecule has 0 saturated carbocycles. The van der Waals surface area contributed by atoms with Gasteiger partial charge in [0.25, 0.3) is 0 Å². The van der Waals surface area contributed by atoms with Gasteiger partial charge in [0.15, 0.2) is 0 Å². The maximum Gasteiger partial charge on any atom is 0.238 e. The smallest absolute Gasteiger partial charge is 0.238 e. The standard InChI is InChI=1S/C27H34Cl2F2N4O/c1-26(2,3)14-21-27(32,18-8-7-15(28)13-20(18)30)22(17-5-4-6-19(29)23(17)31)24(35-21)25(36)34-16-9-11-33-12-10-16/h4-8,13,16,21-22,24,33,35H,9-12,14,32H2,1-3H3,(H,34,36)/t21-,22-,24+,27+/m0/s1. The molecule has 0 radical (unpaired) electrons. The van der Waals surface area contributed by atoms with Crippen LogP contribution in [0.5, 0.6) is 0 Å². The van der Waals surface area contributed by atoms with E-state index in [1.54, 1.807) is 18.2 Å². The Morgan fingerprint density at radius 2 is 1.86 bits per heavy atom. The van der Waals surface area contributed by atoms with Gasteiger partial charge < -0.3 is 21.7 Å². The summed E-state index contributed by atoms with van der Waals surface area (Å²) in [6.07, 6.45) is 2.10. The van der Waals surface area contributed by atoms with Crippen LogP contribution in [0, 0.1) is 17.0 Å². The highest BCUT2D eigenvalue weighted by atomic mass is 35.5. The van der Waals surface area contributed by atoms with Crippen LogP contribution < -0.4 is 21.7 Å². The van der Waals surface area contributed by atoms with E-state index in [9.17, 15) is 4.79 Å². The minimum Gasteiger partial charge on any atom is -0.352 e. The molecule has 2 aromatic carbocycles. The molecule has 36 heavy (non-hydrogen) atoms. The summed E-state index contributed by atoms with van der Waals surface area (Å²) in [5, 5.41) is 9.95. The highest BCUT2D eigenvalue weighted by Crippen LogP contribution is 2.49. The van der Waals surface area contributed by atoms with Crippen molar-refractivity contribution in [2.45, 2.75) is 69.6 Å². The van der Waals surface area contributed by atoms with Gasteiger partial charge in [-0.1, -0.05) is 62.2 Å². The predicted octanol–water partition coefficient (Wildman–Crippen LogP) is 4.85. The summed E-state index contributed by atoms with van der Waals surface area (Å²) in [7, 11) is 0. The monoisotopic (exact) mass is 538 g/mol. The van der Waals surface area contributed by atoms with Crippen molar-refractivity contribution >= 4 is 29.1 Å². The Hall–Kier alpha value is -1.77. The Morgan fingerprint density at radius 3 is 2.50 bits per heavy atom. The molecular weight excluding hydrogens is 505 g/mol. The van der Waals surface area contributed by atoms with Crippen molar-refractivity contribution in [3.8, 4) is 0 Å². The first kappa shape index (κ1) is 27.3. The zero-order valence-corrected chi connectivity index (χ0v) is 22.3. The Bertz CT molecular complexity index is 1120. The number of hydrogen-bond acceptors (Lipinski definition) is 4. The minimum atomic E-state index is -1.47. The number of halogens is 4. The molecule has 0 aliphatic carbocycles. The second-order valence-corrected chi connectivity index (χ2v) is 12.0. The van der Waals surface area contributed by atoms with Crippen molar-refractivity contribution in [2.24, 2.45) is 11.1 Å². The Morgan fingerprint density at radius 1 is 1.17 bits per heavy atom. The Balaban J connectivity index is 1.87. The van der Waals surface area contributed by atoms with Gasteiger partial charge in [0, 0.05) is 28.6 Å². The summed E-state index contributed by atoms with van der Waals surface area (Å²) in [6, 6.07) is 7.50. The summed E-state index contributed by atoms with van der Waals surface area (Å²) in [5.74, 6) is -2.48. The maximum absolute atomic E-state index is 15.6. The number of hydrogen-bond donors (Lipinski definition) is 4. The minimum absolute atomic E-state index is 0.00785. The fourth-order valence-corrected chi connectivity index (χ4v) is 6.00. The van der Waals surface area contributed by atoms with E-state index in [1.807, 2.05) is 20.8 Å². The molecule has 9 heteroatoms. The number of piperidine rings is 1. The van der Waals surface area contributed by atoms with E-state index in [1.165, 1.54) is 18.2 Å². The molecule has 2 fully saturated rings. The molecule has 4 rings (SSSR count). The van der Waals surface area contributed by atoms with Gasteiger partial charge in [-0.2, -0.15) is 0 Å². The maximum atomic E-state index is 15.6. The third-order valence-electron chi connectivity index (χ3n) is 7.30. The molecule has 0 unspecified atom stereocenters. The van der Waals surface area contributed by atoms with Gasteiger partial charge in [-0.3, -0.25) is 4.79 Å². The van der Waals surface area contributed by atoms with Crippen LogP contribution in [0.3, 0.4) is 0 Å². The Labute approximate surface area is 221 Å². The fraction of sp³-hybridized carbons (Fsp3) is 0.519. The highest BCUT2D eigenvalue weighted by Gasteiger charge is 2.58. The van der Waals surface area contributed by atoms with Crippen LogP contribution in [-0.2, 0) is 10.3 Å². The SMILES string of the molecule is CC(C)(C)C[C@@H]1N[C@@H](C(=O)NC2CCNCC2)[C@H](c2cccc(Cl)c2F)[C@@]1(N)c1ccc(Cl)cc1F. The van der Waals surface area contributed by atoms with Crippen LogP contribution in [-0.4, -0.2) is 37.1 Å². The molecule has 1 amide bonds. The van der Waals surface area contributed by atoms with E-state index < -0.39 is 35.2 Å².